The minimum Gasteiger partial charge on any atom is -0.465 e. The molecule has 1 saturated heterocycles. The van der Waals surface area contributed by atoms with Crippen LogP contribution in [-0.2, 0) is 9.53 Å². The fourth-order valence-corrected chi connectivity index (χ4v) is 3.19. The van der Waals surface area contributed by atoms with Gasteiger partial charge in [0.05, 0.1) is 33.8 Å². The molecule has 136 valence electrons. The fraction of sp³-hybridized carbons (Fsp3) is 0.0556. The van der Waals surface area contributed by atoms with Gasteiger partial charge in [0.25, 0.3) is 11.6 Å². The smallest absolute Gasteiger partial charge is 0.340 e. The first-order valence-electron chi connectivity index (χ1n) is 7.70. The molecule has 1 heterocycles. The molecule has 0 aromatic heterocycles. The number of aliphatic imine (C=N–C) groups is 1. The van der Waals surface area contributed by atoms with Gasteiger partial charge in [0.1, 0.15) is 0 Å². The van der Waals surface area contributed by atoms with Gasteiger partial charge in [-0.05, 0) is 36.0 Å². The topological polar surface area (TPSA) is 111 Å². The largest absolute Gasteiger partial charge is 0.465 e. The van der Waals surface area contributed by atoms with E-state index in [0.29, 0.717) is 11.3 Å². The van der Waals surface area contributed by atoms with Crippen molar-refractivity contribution < 1.29 is 19.2 Å². The summed E-state index contributed by atoms with van der Waals surface area (Å²) < 4.78 is 4.72. The number of carbonyl (C=O) groups is 2. The number of carbonyl (C=O) groups excluding carboxylic acids is 2. The van der Waals surface area contributed by atoms with E-state index in [9.17, 15) is 19.7 Å². The van der Waals surface area contributed by atoms with E-state index in [-0.39, 0.29) is 21.3 Å². The molecule has 0 saturated carbocycles. The van der Waals surface area contributed by atoms with Crippen molar-refractivity contribution in [3.63, 3.8) is 0 Å². The average Bonchev–Trinajstić information content (AvgIpc) is 3.00. The van der Waals surface area contributed by atoms with Crippen LogP contribution in [0.1, 0.15) is 15.9 Å². The molecule has 27 heavy (non-hydrogen) atoms. The lowest BCUT2D eigenvalue weighted by Gasteiger charge is -2.03. The molecule has 9 heteroatoms. The Labute approximate surface area is 158 Å². The highest BCUT2D eigenvalue weighted by molar-refractivity contribution is 8.18. The van der Waals surface area contributed by atoms with Crippen molar-refractivity contribution in [2.45, 2.75) is 0 Å². The first-order chi connectivity index (χ1) is 13.0. The number of amides is 1. The number of nitro benzene ring substituents is 1. The van der Waals surface area contributed by atoms with E-state index in [1.54, 1.807) is 42.5 Å². The van der Waals surface area contributed by atoms with Crippen molar-refractivity contribution in [3.8, 4) is 0 Å². The zero-order chi connectivity index (χ0) is 19.4. The Morgan fingerprint density at radius 3 is 2.67 bits per heavy atom. The van der Waals surface area contributed by atoms with E-state index < -0.39 is 16.8 Å². The van der Waals surface area contributed by atoms with Crippen LogP contribution in [0.5, 0.6) is 0 Å². The molecular weight excluding hydrogens is 370 g/mol. The maximum atomic E-state index is 12.2. The lowest BCUT2D eigenvalue weighted by molar-refractivity contribution is -0.385. The average molecular weight is 383 g/mol. The van der Waals surface area contributed by atoms with Gasteiger partial charge in [-0.3, -0.25) is 14.9 Å². The molecule has 0 bridgehead atoms. The first-order valence-corrected chi connectivity index (χ1v) is 8.51. The van der Waals surface area contributed by atoms with Gasteiger partial charge in [0.15, 0.2) is 5.17 Å². The molecule has 8 nitrogen and oxygen atoms in total. The van der Waals surface area contributed by atoms with Crippen LogP contribution < -0.4 is 5.32 Å². The van der Waals surface area contributed by atoms with Gasteiger partial charge in [-0.1, -0.05) is 24.3 Å². The van der Waals surface area contributed by atoms with E-state index >= 15 is 0 Å². The van der Waals surface area contributed by atoms with E-state index in [4.69, 9.17) is 4.74 Å². The summed E-state index contributed by atoms with van der Waals surface area (Å²) in [5.41, 5.74) is 0.828. The number of hydrogen-bond donors (Lipinski definition) is 1. The van der Waals surface area contributed by atoms with E-state index in [1.165, 1.54) is 19.3 Å². The number of ether oxygens (including phenoxy) is 1. The summed E-state index contributed by atoms with van der Waals surface area (Å²) in [6.07, 6.45) is 1.44. The van der Waals surface area contributed by atoms with Gasteiger partial charge in [-0.15, -0.1) is 0 Å². The summed E-state index contributed by atoms with van der Waals surface area (Å²) in [6.45, 7) is 0. The summed E-state index contributed by atoms with van der Waals surface area (Å²) in [6, 6.07) is 12.7. The maximum Gasteiger partial charge on any atom is 0.340 e. The van der Waals surface area contributed by atoms with Crippen LogP contribution in [0.4, 0.5) is 11.4 Å². The third kappa shape index (κ3) is 4.04. The Morgan fingerprint density at radius 2 is 1.93 bits per heavy atom. The molecule has 0 spiro atoms. The van der Waals surface area contributed by atoms with Gasteiger partial charge >= 0.3 is 5.97 Å². The molecule has 1 aliphatic rings. The Kier molecular flexibility index (Phi) is 5.32. The second-order valence-electron chi connectivity index (χ2n) is 5.31. The maximum absolute atomic E-state index is 12.2. The van der Waals surface area contributed by atoms with E-state index in [2.05, 4.69) is 10.3 Å². The molecule has 3 rings (SSSR count). The predicted octanol–water partition coefficient (Wildman–Crippen LogP) is 3.27. The minimum atomic E-state index is -0.542. The Morgan fingerprint density at radius 1 is 1.22 bits per heavy atom. The molecule has 0 aliphatic carbocycles. The van der Waals surface area contributed by atoms with Crippen LogP contribution in [0.15, 0.2) is 58.4 Å². The highest BCUT2D eigenvalue weighted by atomic mass is 32.2. The van der Waals surface area contributed by atoms with Crippen molar-refractivity contribution in [2.75, 3.05) is 7.11 Å². The van der Waals surface area contributed by atoms with Crippen LogP contribution in [-0.4, -0.2) is 29.1 Å². The van der Waals surface area contributed by atoms with Crippen molar-refractivity contribution in [2.24, 2.45) is 4.99 Å². The van der Waals surface area contributed by atoms with Crippen LogP contribution in [0.2, 0.25) is 0 Å². The zero-order valence-corrected chi connectivity index (χ0v) is 14.9. The lowest BCUT2D eigenvalue weighted by atomic mass is 10.1. The molecule has 0 unspecified atom stereocenters. The van der Waals surface area contributed by atoms with Crippen LogP contribution in [0, 0.1) is 10.1 Å². The van der Waals surface area contributed by atoms with Crippen LogP contribution >= 0.6 is 11.8 Å². The molecule has 1 amide bonds. The molecule has 2 aromatic carbocycles. The quantitative estimate of drug-likeness (QED) is 0.375. The summed E-state index contributed by atoms with van der Waals surface area (Å²) in [7, 11) is 1.27. The number of methoxy groups -OCH3 is 1. The number of hydrogen-bond acceptors (Lipinski definition) is 7. The third-order valence-electron chi connectivity index (χ3n) is 3.60. The number of nitrogens with zero attached hydrogens (tertiary/aromatic N) is 2. The number of rotatable bonds is 4. The van der Waals surface area contributed by atoms with E-state index in [1.807, 2.05) is 0 Å². The van der Waals surface area contributed by atoms with Crippen LogP contribution in [0.25, 0.3) is 6.08 Å². The highest BCUT2D eigenvalue weighted by Crippen LogP contribution is 2.31. The molecule has 1 N–H and O–H groups in total. The number of benzene rings is 2. The van der Waals surface area contributed by atoms with E-state index in [0.717, 1.165) is 11.8 Å². The lowest BCUT2D eigenvalue weighted by Crippen LogP contribution is -2.19. The highest BCUT2D eigenvalue weighted by Gasteiger charge is 2.25. The number of nitro groups is 1. The third-order valence-corrected chi connectivity index (χ3v) is 4.51. The molecule has 2 aromatic rings. The normalized spacial score (nSPS) is 16.4. The minimum absolute atomic E-state index is 0.0974. The van der Waals surface area contributed by atoms with Crippen molar-refractivity contribution in [1.29, 1.82) is 0 Å². The van der Waals surface area contributed by atoms with Crippen LogP contribution in [0.3, 0.4) is 0 Å². The summed E-state index contributed by atoms with van der Waals surface area (Å²) in [5.74, 6) is -0.965. The molecule has 1 fully saturated rings. The van der Waals surface area contributed by atoms with Crippen molar-refractivity contribution in [3.05, 3.63) is 74.7 Å². The predicted molar refractivity (Wildman–Crippen MR) is 102 cm³/mol. The van der Waals surface area contributed by atoms with Crippen molar-refractivity contribution >= 4 is 46.3 Å². The second kappa shape index (κ2) is 7.83. The molecule has 0 atom stereocenters. The molecular formula is C18H13N3O5S. The van der Waals surface area contributed by atoms with Gasteiger partial charge in [0, 0.05) is 6.07 Å². The Bertz CT molecular complexity index is 1000. The van der Waals surface area contributed by atoms with Gasteiger partial charge in [-0.25, -0.2) is 9.79 Å². The summed E-state index contributed by atoms with van der Waals surface area (Å²) in [5, 5.41) is 14.0. The van der Waals surface area contributed by atoms with Gasteiger partial charge in [0.2, 0.25) is 0 Å². The standard InChI is InChI=1S/C18H13N3O5S/c1-26-17(23)12-7-3-4-8-13(12)19-18-20-16(22)15(27-18)10-11-6-2-5-9-14(11)21(24)25/h2-10H,1H3,(H,19,20,22)/b15-10-. The first kappa shape index (κ1) is 18.3. The van der Waals surface area contributed by atoms with Gasteiger partial charge in [-0.2, -0.15) is 0 Å². The number of para-hydroxylation sites is 2. The molecule has 1 aliphatic heterocycles. The Hall–Kier alpha value is -3.46. The number of thioether (sulfide) groups is 1. The molecule has 0 radical (unpaired) electrons. The fourth-order valence-electron chi connectivity index (χ4n) is 2.36. The Balaban J connectivity index is 1.92. The van der Waals surface area contributed by atoms with Crippen molar-refractivity contribution in [1.82, 2.24) is 5.32 Å². The second-order valence-corrected chi connectivity index (χ2v) is 6.34. The monoisotopic (exact) mass is 383 g/mol. The zero-order valence-electron chi connectivity index (χ0n) is 14.0. The summed E-state index contributed by atoms with van der Waals surface area (Å²) in [4.78, 5) is 39.2. The number of esters is 1. The SMILES string of the molecule is COC(=O)c1ccccc1N=C1NC(=O)/C(=C/c2ccccc2[N+](=O)[O-])S1. The number of amidine groups is 1. The summed E-state index contributed by atoms with van der Waals surface area (Å²) >= 11 is 1.03. The number of nitrogens with one attached hydrogen (secondary N) is 1. The van der Waals surface area contributed by atoms with Gasteiger partial charge < -0.3 is 10.1 Å².